The van der Waals surface area contributed by atoms with Crippen LogP contribution >= 0.6 is 0 Å². The Hall–Kier alpha value is -1.37. The molecule has 2 atom stereocenters. The van der Waals surface area contributed by atoms with Gasteiger partial charge in [0.05, 0.1) is 33.0 Å². The quantitative estimate of drug-likeness (QED) is 0.837. The molecule has 1 aromatic heterocycles. The molecule has 20 heavy (non-hydrogen) atoms. The molecule has 6 nitrogen and oxygen atoms in total. The molecule has 2 bridgehead atoms. The Bertz CT molecular complexity index is 482. The average Bonchev–Trinajstić information content (AvgIpc) is 2.46. The minimum atomic E-state index is -0.936. The van der Waals surface area contributed by atoms with Gasteiger partial charge in [-0.05, 0) is 18.9 Å². The van der Waals surface area contributed by atoms with Crippen LogP contribution in [0, 0.1) is 0 Å². The molecule has 0 radical (unpaired) electrons. The summed E-state index contributed by atoms with van der Waals surface area (Å²) in [7, 11) is 3.11. The smallest absolute Gasteiger partial charge is 0.222 e. The third kappa shape index (κ3) is 2.34. The second kappa shape index (κ2) is 5.20. The van der Waals surface area contributed by atoms with Gasteiger partial charge in [0, 0.05) is 23.7 Å². The minimum Gasteiger partial charge on any atom is -0.481 e. The van der Waals surface area contributed by atoms with Crippen LogP contribution in [-0.4, -0.2) is 49.6 Å². The Kier molecular flexibility index (Phi) is 3.54. The maximum absolute atomic E-state index is 11.1. The van der Waals surface area contributed by atoms with Crippen LogP contribution in [0.15, 0.2) is 12.1 Å². The molecule has 110 valence electrons. The van der Waals surface area contributed by atoms with Crippen LogP contribution in [0.5, 0.6) is 11.8 Å². The van der Waals surface area contributed by atoms with Crippen LogP contribution in [0.1, 0.15) is 18.4 Å². The van der Waals surface area contributed by atoms with Crippen LogP contribution < -0.4 is 14.8 Å². The number of methoxy groups -OCH3 is 2. The molecule has 2 fully saturated rings. The summed E-state index contributed by atoms with van der Waals surface area (Å²) in [6.07, 6.45) is 1.18. The van der Waals surface area contributed by atoms with Crippen molar-refractivity contribution < 1.29 is 19.3 Å². The summed E-state index contributed by atoms with van der Waals surface area (Å²) < 4.78 is 15.9. The van der Waals surface area contributed by atoms with Gasteiger partial charge in [0.1, 0.15) is 0 Å². The topological polar surface area (TPSA) is 72.8 Å². The molecule has 1 aromatic rings. The van der Waals surface area contributed by atoms with Gasteiger partial charge >= 0.3 is 0 Å². The summed E-state index contributed by atoms with van der Waals surface area (Å²) in [4.78, 5) is 4.27. The highest BCUT2D eigenvalue weighted by atomic mass is 16.5. The number of piperidine rings is 1. The fraction of sp³-hybridized carbons (Fsp3) is 0.643. The molecule has 3 rings (SSSR count). The van der Waals surface area contributed by atoms with E-state index in [9.17, 15) is 5.11 Å². The highest BCUT2D eigenvalue weighted by Gasteiger charge is 2.44. The van der Waals surface area contributed by atoms with Crippen LogP contribution in [-0.2, 0) is 10.3 Å². The average molecular weight is 280 g/mol. The number of hydrogen-bond acceptors (Lipinski definition) is 6. The maximum Gasteiger partial charge on any atom is 0.222 e. The van der Waals surface area contributed by atoms with E-state index in [1.807, 2.05) is 6.07 Å². The van der Waals surface area contributed by atoms with Gasteiger partial charge in [-0.2, -0.15) is 4.98 Å². The second-order valence-corrected chi connectivity index (χ2v) is 5.45. The van der Waals surface area contributed by atoms with E-state index < -0.39 is 5.60 Å². The Labute approximate surface area is 118 Å². The Morgan fingerprint density at radius 1 is 1.25 bits per heavy atom. The predicted octanol–water partition coefficient (Wildman–Crippen LogP) is 0.437. The van der Waals surface area contributed by atoms with Crippen molar-refractivity contribution in [1.29, 1.82) is 0 Å². The highest BCUT2D eigenvalue weighted by molar-refractivity contribution is 5.36. The second-order valence-electron chi connectivity index (χ2n) is 5.45. The first-order valence-electron chi connectivity index (χ1n) is 6.80. The highest BCUT2D eigenvalue weighted by Crippen LogP contribution is 2.40. The van der Waals surface area contributed by atoms with E-state index in [-0.39, 0.29) is 12.1 Å². The molecule has 0 amide bonds. The number of pyridine rings is 1. The number of fused-ring (bicyclic) bond motifs is 2. The summed E-state index contributed by atoms with van der Waals surface area (Å²) in [5, 5.41) is 14.5. The van der Waals surface area contributed by atoms with Crippen molar-refractivity contribution in [1.82, 2.24) is 10.3 Å². The maximum atomic E-state index is 11.1. The summed E-state index contributed by atoms with van der Waals surface area (Å²) in [6.45, 7) is 1.26. The van der Waals surface area contributed by atoms with Crippen molar-refractivity contribution in [2.75, 3.05) is 27.4 Å². The zero-order chi connectivity index (χ0) is 14.2. The summed E-state index contributed by atoms with van der Waals surface area (Å²) in [5.74, 6) is 0.902. The van der Waals surface area contributed by atoms with Gasteiger partial charge in [-0.1, -0.05) is 0 Å². The summed E-state index contributed by atoms with van der Waals surface area (Å²) in [5.41, 5.74) is -0.214. The number of nitrogens with zero attached hydrogens (tertiary/aromatic N) is 1. The molecule has 2 aliphatic heterocycles. The first-order valence-corrected chi connectivity index (χ1v) is 6.80. The van der Waals surface area contributed by atoms with Gasteiger partial charge in [-0.3, -0.25) is 0 Å². The summed E-state index contributed by atoms with van der Waals surface area (Å²) >= 11 is 0. The van der Waals surface area contributed by atoms with Crippen molar-refractivity contribution >= 4 is 0 Å². The normalized spacial score (nSPS) is 32.8. The molecule has 0 saturated carbocycles. The molecule has 0 spiro atoms. The van der Waals surface area contributed by atoms with Crippen LogP contribution in [0.3, 0.4) is 0 Å². The number of hydrogen-bond donors (Lipinski definition) is 2. The van der Waals surface area contributed by atoms with Crippen molar-refractivity contribution in [2.24, 2.45) is 0 Å². The van der Waals surface area contributed by atoms with Crippen molar-refractivity contribution in [3.05, 3.63) is 17.7 Å². The number of aromatic nitrogens is 1. The minimum absolute atomic E-state index is 0.166. The number of ether oxygens (including phenoxy) is 3. The van der Waals surface area contributed by atoms with E-state index in [0.29, 0.717) is 37.8 Å². The molecular formula is C14H20N2O4. The molecule has 3 heterocycles. The van der Waals surface area contributed by atoms with Gasteiger partial charge in [0.15, 0.2) is 0 Å². The van der Waals surface area contributed by atoms with Crippen LogP contribution in [0.25, 0.3) is 0 Å². The first kappa shape index (κ1) is 13.6. The fourth-order valence-corrected chi connectivity index (χ4v) is 3.18. The number of aliphatic hydroxyl groups is 1. The predicted molar refractivity (Wildman–Crippen MR) is 72.0 cm³/mol. The van der Waals surface area contributed by atoms with Crippen LogP contribution in [0.2, 0.25) is 0 Å². The van der Waals surface area contributed by atoms with E-state index in [1.165, 1.54) is 0 Å². The molecule has 0 aromatic carbocycles. The largest absolute Gasteiger partial charge is 0.481 e. The third-order valence-electron chi connectivity index (χ3n) is 4.02. The zero-order valence-corrected chi connectivity index (χ0v) is 11.8. The number of rotatable bonds is 3. The van der Waals surface area contributed by atoms with Crippen molar-refractivity contribution in [3.63, 3.8) is 0 Å². The third-order valence-corrected chi connectivity index (χ3v) is 4.02. The van der Waals surface area contributed by atoms with Crippen LogP contribution in [0.4, 0.5) is 0 Å². The van der Waals surface area contributed by atoms with E-state index in [0.717, 1.165) is 5.56 Å². The molecule has 2 unspecified atom stereocenters. The van der Waals surface area contributed by atoms with Gasteiger partial charge in [0.25, 0.3) is 0 Å². The molecule has 2 N–H and O–H groups in total. The molecule has 2 saturated heterocycles. The lowest BCUT2D eigenvalue weighted by Crippen LogP contribution is -2.58. The standard InChI is InChI=1S/C14H20N2O4/c1-18-12-4-3-11(13(16-12)19-2)14(17)5-9-7-20-8-10(6-14)15-9/h3-4,9-10,15,17H,5-8H2,1-2H3. The Balaban J connectivity index is 1.94. The van der Waals surface area contributed by atoms with Gasteiger partial charge in [-0.15, -0.1) is 0 Å². The number of morpholine rings is 1. The lowest BCUT2D eigenvalue weighted by molar-refractivity contribution is -0.0813. The molecule has 6 heteroatoms. The van der Waals surface area contributed by atoms with Crippen molar-refractivity contribution in [3.8, 4) is 11.8 Å². The zero-order valence-electron chi connectivity index (χ0n) is 11.8. The lowest BCUT2D eigenvalue weighted by atomic mass is 9.78. The number of nitrogens with one attached hydrogen (secondary N) is 1. The first-order chi connectivity index (χ1) is 9.64. The Morgan fingerprint density at radius 2 is 1.95 bits per heavy atom. The van der Waals surface area contributed by atoms with Gasteiger partial charge in [0.2, 0.25) is 11.8 Å². The molecular weight excluding hydrogens is 260 g/mol. The fourth-order valence-electron chi connectivity index (χ4n) is 3.18. The van der Waals surface area contributed by atoms with E-state index in [1.54, 1.807) is 20.3 Å². The van der Waals surface area contributed by atoms with E-state index in [2.05, 4.69) is 10.3 Å². The molecule has 0 aliphatic carbocycles. The Morgan fingerprint density at radius 3 is 2.55 bits per heavy atom. The SMILES string of the molecule is COc1ccc(C2(O)CC3COCC(C2)N3)c(OC)n1. The summed E-state index contributed by atoms with van der Waals surface area (Å²) in [6, 6.07) is 3.93. The lowest BCUT2D eigenvalue weighted by Gasteiger charge is -2.45. The van der Waals surface area contributed by atoms with Gasteiger partial charge < -0.3 is 24.6 Å². The van der Waals surface area contributed by atoms with Crippen molar-refractivity contribution in [2.45, 2.75) is 30.5 Å². The van der Waals surface area contributed by atoms with E-state index in [4.69, 9.17) is 14.2 Å². The molecule has 2 aliphatic rings. The monoisotopic (exact) mass is 280 g/mol. The van der Waals surface area contributed by atoms with E-state index >= 15 is 0 Å². The van der Waals surface area contributed by atoms with Gasteiger partial charge in [-0.25, -0.2) is 0 Å².